The second kappa shape index (κ2) is 10.2. The van der Waals surface area contributed by atoms with E-state index in [1.54, 1.807) is 12.1 Å². The van der Waals surface area contributed by atoms with Gasteiger partial charge in [0.1, 0.15) is 21.9 Å². The normalized spacial score (nSPS) is 13.8. The minimum Gasteiger partial charge on any atom is -0.505 e. The van der Waals surface area contributed by atoms with E-state index in [0.29, 0.717) is 21.4 Å². The first kappa shape index (κ1) is 25.2. The molecule has 1 N–H and O–H groups in total. The van der Waals surface area contributed by atoms with Gasteiger partial charge < -0.3 is 19.0 Å². The maximum absolute atomic E-state index is 13.9. The van der Waals surface area contributed by atoms with Crippen LogP contribution in [0.3, 0.4) is 0 Å². The summed E-state index contributed by atoms with van der Waals surface area (Å²) in [5.74, 6) is -1.31. The third kappa shape index (κ3) is 4.78. The van der Waals surface area contributed by atoms with Crippen LogP contribution in [0.2, 0.25) is 0 Å². The molecule has 9 heteroatoms. The lowest BCUT2D eigenvalue weighted by molar-refractivity contribution is 0.446. The summed E-state index contributed by atoms with van der Waals surface area (Å²) < 4.78 is 34.2. The van der Waals surface area contributed by atoms with Crippen molar-refractivity contribution in [1.82, 2.24) is 4.57 Å². The summed E-state index contributed by atoms with van der Waals surface area (Å²) in [4.78, 5) is 29.6. The molecule has 2 aromatic heterocycles. The molecule has 6 rings (SSSR count). The van der Waals surface area contributed by atoms with E-state index in [-0.39, 0.29) is 28.2 Å². The van der Waals surface area contributed by atoms with E-state index in [1.165, 1.54) is 47.4 Å². The molecule has 0 radical (unpaired) electrons. The molecular weight excluding hydrogens is 522 g/mol. The van der Waals surface area contributed by atoms with E-state index in [0.717, 1.165) is 43.4 Å². The van der Waals surface area contributed by atoms with Gasteiger partial charge in [0.05, 0.1) is 12.1 Å². The van der Waals surface area contributed by atoms with Crippen LogP contribution in [0, 0.1) is 11.6 Å². The molecule has 1 aliphatic rings. The average molecular weight is 547 g/mol. The smallest absolute Gasteiger partial charge is 0.354 e. The monoisotopic (exact) mass is 546 g/mol. The highest BCUT2D eigenvalue weighted by Gasteiger charge is 2.23. The van der Waals surface area contributed by atoms with Crippen molar-refractivity contribution in [3.63, 3.8) is 0 Å². The van der Waals surface area contributed by atoms with Gasteiger partial charge in [-0.1, -0.05) is 23.9 Å². The van der Waals surface area contributed by atoms with Crippen molar-refractivity contribution in [2.24, 2.45) is 0 Å². The number of hydrogen-bond acceptors (Lipinski definition) is 6. The van der Waals surface area contributed by atoms with Crippen molar-refractivity contribution in [3.05, 3.63) is 105 Å². The van der Waals surface area contributed by atoms with Crippen LogP contribution in [0.5, 0.6) is 5.75 Å². The number of benzene rings is 3. The lowest BCUT2D eigenvalue weighted by Crippen LogP contribution is -2.29. The van der Waals surface area contributed by atoms with Crippen LogP contribution < -0.4 is 16.1 Å². The van der Waals surface area contributed by atoms with E-state index >= 15 is 0 Å². The minimum absolute atomic E-state index is 0.00942. The van der Waals surface area contributed by atoms with E-state index in [1.807, 2.05) is 18.2 Å². The van der Waals surface area contributed by atoms with Crippen LogP contribution >= 0.6 is 11.8 Å². The quantitative estimate of drug-likeness (QED) is 0.262. The Hall–Kier alpha value is -4.11. The lowest BCUT2D eigenvalue weighted by atomic mass is 10.1. The van der Waals surface area contributed by atoms with E-state index in [4.69, 9.17) is 4.42 Å². The standard InChI is InChI=1S/C30H24F2N2O4S/c31-19-6-4-18(5-7-19)17-34-24-13-10-21(33-14-2-1-3-15-33)16-23(24)27-25(29(34)36)26(35)28(30(37)38-27)39-22-11-8-20(32)9-12-22/h4-13,16,35H,1-3,14-15,17H2. The van der Waals surface area contributed by atoms with Gasteiger partial charge in [-0.25, -0.2) is 13.6 Å². The SMILES string of the molecule is O=c1oc2c(c(O)c1Sc1ccc(F)cc1)c(=O)n(Cc1ccc(F)cc1)c1ccc(N3CCCCC3)cc21. The fraction of sp³-hybridized carbons (Fsp3) is 0.200. The number of aromatic hydroxyl groups is 1. The Kier molecular flexibility index (Phi) is 6.60. The summed E-state index contributed by atoms with van der Waals surface area (Å²) in [6, 6.07) is 16.9. The van der Waals surface area contributed by atoms with Gasteiger partial charge in [-0.15, -0.1) is 0 Å². The number of rotatable bonds is 5. The zero-order chi connectivity index (χ0) is 27.1. The topological polar surface area (TPSA) is 75.7 Å². The van der Waals surface area contributed by atoms with Crippen LogP contribution in [0.25, 0.3) is 21.9 Å². The van der Waals surface area contributed by atoms with Crippen molar-refractivity contribution in [3.8, 4) is 5.75 Å². The van der Waals surface area contributed by atoms with E-state index in [9.17, 15) is 23.5 Å². The Balaban J connectivity index is 1.59. The number of fused-ring (bicyclic) bond motifs is 3. The largest absolute Gasteiger partial charge is 0.505 e. The van der Waals surface area contributed by atoms with Crippen molar-refractivity contribution in [1.29, 1.82) is 0 Å². The summed E-state index contributed by atoms with van der Waals surface area (Å²) in [5.41, 5.74) is 0.818. The van der Waals surface area contributed by atoms with Gasteiger partial charge in [0.15, 0.2) is 11.3 Å². The lowest BCUT2D eigenvalue weighted by Gasteiger charge is -2.29. The summed E-state index contributed by atoms with van der Waals surface area (Å²) >= 11 is 0.895. The predicted molar refractivity (Wildman–Crippen MR) is 148 cm³/mol. The Morgan fingerprint density at radius 1 is 0.872 bits per heavy atom. The number of halogens is 2. The van der Waals surface area contributed by atoms with E-state index < -0.39 is 22.8 Å². The van der Waals surface area contributed by atoms with Crippen molar-refractivity contribution >= 4 is 39.3 Å². The molecule has 1 saturated heterocycles. The third-order valence-corrected chi connectivity index (χ3v) is 8.11. The first-order chi connectivity index (χ1) is 18.9. The molecular formula is C30H24F2N2O4S. The van der Waals surface area contributed by atoms with Gasteiger partial charge in [-0.05, 0) is 79.4 Å². The molecule has 5 aromatic rings. The number of nitrogens with zero attached hydrogens (tertiary/aromatic N) is 2. The Labute approximate surface area is 226 Å². The van der Waals surface area contributed by atoms with Crippen molar-refractivity contribution in [2.75, 3.05) is 18.0 Å². The second-order valence-electron chi connectivity index (χ2n) is 9.59. The van der Waals surface area contributed by atoms with Gasteiger partial charge in [0.25, 0.3) is 5.56 Å². The number of piperidine rings is 1. The summed E-state index contributed by atoms with van der Waals surface area (Å²) in [6.07, 6.45) is 3.31. The number of hydrogen-bond donors (Lipinski definition) is 1. The highest BCUT2D eigenvalue weighted by Crippen LogP contribution is 2.38. The number of anilines is 1. The molecule has 3 aromatic carbocycles. The maximum atomic E-state index is 13.9. The molecule has 0 amide bonds. The molecule has 1 fully saturated rings. The van der Waals surface area contributed by atoms with Crippen molar-refractivity contribution < 1.29 is 18.3 Å². The Morgan fingerprint density at radius 3 is 2.23 bits per heavy atom. The van der Waals surface area contributed by atoms with Gasteiger partial charge in [0, 0.05) is 29.1 Å². The molecule has 0 atom stereocenters. The first-order valence-electron chi connectivity index (χ1n) is 12.7. The van der Waals surface area contributed by atoms with Crippen LogP contribution in [0.1, 0.15) is 24.8 Å². The molecule has 0 aliphatic carbocycles. The zero-order valence-corrected chi connectivity index (χ0v) is 21.6. The fourth-order valence-electron chi connectivity index (χ4n) is 5.07. The predicted octanol–water partition coefficient (Wildman–Crippen LogP) is 6.28. The van der Waals surface area contributed by atoms with Crippen LogP contribution in [-0.4, -0.2) is 22.8 Å². The van der Waals surface area contributed by atoms with Gasteiger partial charge in [-0.2, -0.15) is 0 Å². The minimum atomic E-state index is -0.797. The summed E-state index contributed by atoms with van der Waals surface area (Å²) in [6.45, 7) is 1.91. The Morgan fingerprint density at radius 2 is 1.54 bits per heavy atom. The molecule has 6 nitrogen and oxygen atoms in total. The van der Waals surface area contributed by atoms with Crippen molar-refractivity contribution in [2.45, 2.75) is 35.6 Å². The molecule has 0 bridgehead atoms. The first-order valence-corrected chi connectivity index (χ1v) is 13.5. The second-order valence-corrected chi connectivity index (χ2v) is 10.7. The zero-order valence-electron chi connectivity index (χ0n) is 20.8. The fourth-order valence-corrected chi connectivity index (χ4v) is 5.90. The molecule has 0 unspecified atom stereocenters. The molecule has 0 spiro atoms. The molecule has 198 valence electrons. The summed E-state index contributed by atoms with van der Waals surface area (Å²) in [7, 11) is 0. The maximum Gasteiger partial charge on any atom is 0.354 e. The number of pyridine rings is 1. The highest BCUT2D eigenvalue weighted by molar-refractivity contribution is 7.99. The molecule has 3 heterocycles. The van der Waals surface area contributed by atoms with Gasteiger partial charge in [-0.3, -0.25) is 4.79 Å². The summed E-state index contributed by atoms with van der Waals surface area (Å²) in [5, 5.41) is 11.7. The van der Waals surface area contributed by atoms with E-state index in [2.05, 4.69) is 4.90 Å². The molecule has 0 saturated carbocycles. The Bertz CT molecular complexity index is 1810. The van der Waals surface area contributed by atoms with Crippen LogP contribution in [-0.2, 0) is 6.54 Å². The van der Waals surface area contributed by atoms with Gasteiger partial charge >= 0.3 is 5.63 Å². The number of aromatic nitrogens is 1. The highest BCUT2D eigenvalue weighted by atomic mass is 32.2. The van der Waals surface area contributed by atoms with Crippen LogP contribution in [0.15, 0.2) is 90.5 Å². The third-order valence-electron chi connectivity index (χ3n) is 7.04. The molecule has 1 aliphatic heterocycles. The van der Waals surface area contributed by atoms with Crippen LogP contribution in [0.4, 0.5) is 14.5 Å². The molecule has 39 heavy (non-hydrogen) atoms. The average Bonchev–Trinajstić information content (AvgIpc) is 2.95. The van der Waals surface area contributed by atoms with Gasteiger partial charge in [0.2, 0.25) is 0 Å².